The summed E-state index contributed by atoms with van der Waals surface area (Å²) >= 11 is 0. The van der Waals surface area contributed by atoms with Crippen LogP contribution in [0.3, 0.4) is 0 Å². The lowest BCUT2D eigenvalue weighted by molar-refractivity contribution is -0.146. The van der Waals surface area contributed by atoms with E-state index in [4.69, 9.17) is 18.9 Å². The smallest absolute Gasteiger partial charge is 0.408 e. The van der Waals surface area contributed by atoms with Gasteiger partial charge in [0, 0.05) is 53.6 Å². The Bertz CT molecular complexity index is 2790. The summed E-state index contributed by atoms with van der Waals surface area (Å²) in [5.41, 5.74) is 4.36. The third kappa shape index (κ3) is 18.4. The van der Waals surface area contributed by atoms with Crippen LogP contribution in [0.5, 0.6) is 0 Å². The van der Waals surface area contributed by atoms with Gasteiger partial charge in [-0.1, -0.05) is 111 Å². The van der Waals surface area contributed by atoms with Crippen molar-refractivity contribution in [3.05, 3.63) is 144 Å². The maximum atomic E-state index is 13.9. The molecule has 6 aromatic rings. The number of hydrogen-bond donors (Lipinski definition) is 8. The van der Waals surface area contributed by atoms with E-state index in [1.807, 2.05) is 109 Å². The summed E-state index contributed by atoms with van der Waals surface area (Å²) in [4.78, 5) is 94.6. The summed E-state index contributed by atoms with van der Waals surface area (Å²) in [5, 5.41) is 24.5. The van der Waals surface area contributed by atoms with Crippen molar-refractivity contribution < 1.29 is 57.6 Å². The molecule has 4 aromatic carbocycles. The number of aromatic nitrogens is 2. The number of fused-ring (bicyclic) bond motifs is 2. The lowest BCUT2D eigenvalue weighted by Gasteiger charge is -2.26. The third-order valence-electron chi connectivity index (χ3n) is 11.5. The van der Waals surface area contributed by atoms with E-state index in [0.717, 1.165) is 44.1 Å². The fourth-order valence-corrected chi connectivity index (χ4v) is 7.66. The molecule has 0 fully saturated rings. The number of unbranched alkanes of at least 4 members (excludes halogenated alkanes) is 1. The second-order valence-electron chi connectivity index (χ2n) is 18.7. The monoisotopic (exact) mass is 1020 g/mol. The molecule has 74 heavy (non-hydrogen) atoms. The van der Waals surface area contributed by atoms with Crippen LogP contribution in [0.4, 0.5) is 14.4 Å². The summed E-state index contributed by atoms with van der Waals surface area (Å²) < 4.78 is 20.7. The summed E-state index contributed by atoms with van der Waals surface area (Å²) in [5.74, 6) is -3.22. The fourth-order valence-electron chi connectivity index (χ4n) is 7.66. The first-order valence-electron chi connectivity index (χ1n) is 24.3. The zero-order valence-corrected chi connectivity index (χ0v) is 42.5. The number of nitrogens with one attached hydrogen (secondary N) is 7. The van der Waals surface area contributed by atoms with Gasteiger partial charge in [0.2, 0.25) is 11.8 Å². The first-order chi connectivity index (χ1) is 35.4. The number of aromatic amines is 2. The number of rotatable bonds is 22. The predicted octanol–water partition coefficient (Wildman–Crippen LogP) is 7.59. The zero-order valence-electron chi connectivity index (χ0n) is 42.5. The average Bonchev–Trinajstić information content (AvgIpc) is 3.99. The molecular formula is C55H67N7O12. The number of aliphatic carboxylic acids is 1. The number of ether oxygens (including phenoxy) is 4. The number of benzene rings is 4. The quantitative estimate of drug-likeness (QED) is 0.0186. The number of methoxy groups -OCH3 is 1. The number of alkyl carbamates (subject to hydrolysis) is 3. The maximum absolute atomic E-state index is 13.9. The summed E-state index contributed by atoms with van der Waals surface area (Å²) in [6, 6.07) is 29.3. The van der Waals surface area contributed by atoms with Gasteiger partial charge in [0.25, 0.3) is 0 Å². The van der Waals surface area contributed by atoms with Gasteiger partial charge in [-0.05, 0) is 80.3 Å². The highest BCUT2D eigenvalue weighted by Gasteiger charge is 2.32. The maximum Gasteiger partial charge on any atom is 0.408 e. The highest BCUT2D eigenvalue weighted by atomic mass is 16.6. The molecule has 19 nitrogen and oxygen atoms in total. The number of H-pyrrole nitrogens is 2. The minimum Gasteiger partial charge on any atom is -0.480 e. The predicted molar refractivity (Wildman–Crippen MR) is 278 cm³/mol. The van der Waals surface area contributed by atoms with Gasteiger partial charge >= 0.3 is 30.2 Å². The minimum atomic E-state index is -1.12. The van der Waals surface area contributed by atoms with E-state index in [2.05, 4.69) is 36.6 Å². The number of esters is 1. The van der Waals surface area contributed by atoms with Gasteiger partial charge in [0.1, 0.15) is 43.0 Å². The molecule has 2 aromatic heterocycles. The van der Waals surface area contributed by atoms with Crippen LogP contribution in [0.15, 0.2) is 122 Å². The van der Waals surface area contributed by atoms with Gasteiger partial charge in [-0.15, -0.1) is 0 Å². The Labute approximate surface area is 429 Å². The van der Waals surface area contributed by atoms with Crippen LogP contribution in [0.25, 0.3) is 21.8 Å². The largest absolute Gasteiger partial charge is 0.480 e. The number of carboxylic acid groups (broad SMARTS) is 1. The highest BCUT2D eigenvalue weighted by Crippen LogP contribution is 2.21. The van der Waals surface area contributed by atoms with E-state index in [1.165, 1.54) is 7.11 Å². The summed E-state index contributed by atoms with van der Waals surface area (Å²) in [6.07, 6.45) is 2.77. The van der Waals surface area contributed by atoms with E-state index in [9.17, 15) is 38.7 Å². The normalized spacial score (nSPS) is 12.7. The third-order valence-corrected chi connectivity index (χ3v) is 11.5. The molecule has 0 bridgehead atoms. The number of carbonyl (C=O) groups is 7. The molecule has 394 valence electrons. The fraction of sp³-hybridized carbons (Fsp3) is 0.364. The van der Waals surface area contributed by atoms with Crippen LogP contribution in [-0.2, 0) is 64.2 Å². The summed E-state index contributed by atoms with van der Waals surface area (Å²) in [7, 11) is 1.23. The topological polar surface area (TPSA) is 268 Å². The SMILES string of the molecule is COC(=O)[C@@H](NC(=O)[C@H](CCCCNC(=O)OC(C)(C)C)NC(=O)[C@@H](Cc1c[nH]c2ccccc12)NC(=O)OCc1ccccc1)C(C)C.O=C(N[C@H](Cc1c[nH]c2ccccc12)C(=O)O)OCc1ccccc1. The molecule has 0 spiro atoms. The zero-order chi connectivity index (χ0) is 53.6. The molecule has 0 unspecified atom stereocenters. The molecule has 8 N–H and O–H groups in total. The van der Waals surface area contributed by atoms with E-state index < -0.39 is 71.8 Å². The molecule has 19 heteroatoms. The van der Waals surface area contributed by atoms with Crippen molar-refractivity contribution in [3.63, 3.8) is 0 Å². The number of amides is 5. The van der Waals surface area contributed by atoms with Gasteiger partial charge in [-0.3, -0.25) is 9.59 Å². The highest BCUT2D eigenvalue weighted by molar-refractivity contribution is 5.94. The molecule has 0 aliphatic heterocycles. The second-order valence-corrected chi connectivity index (χ2v) is 18.7. The minimum absolute atomic E-state index is 0.000574. The average molecular weight is 1020 g/mol. The molecule has 2 heterocycles. The lowest BCUT2D eigenvalue weighted by Crippen LogP contribution is -2.57. The van der Waals surface area contributed by atoms with Crippen molar-refractivity contribution in [3.8, 4) is 0 Å². The van der Waals surface area contributed by atoms with Crippen molar-refractivity contribution in [2.45, 2.75) is 110 Å². The molecule has 6 rings (SSSR count). The lowest BCUT2D eigenvalue weighted by atomic mass is 10.0. The first kappa shape index (κ1) is 56.6. The number of carboxylic acids is 1. The van der Waals surface area contributed by atoms with Crippen molar-refractivity contribution in [2.24, 2.45) is 5.92 Å². The molecule has 4 atom stereocenters. The van der Waals surface area contributed by atoms with Crippen LogP contribution in [0.2, 0.25) is 0 Å². The number of carbonyl (C=O) groups excluding carboxylic acids is 6. The van der Waals surface area contributed by atoms with Crippen molar-refractivity contribution in [1.29, 1.82) is 0 Å². The standard InChI is InChI=1S/C36H49N5O8.C19H18N2O4/c1-23(2)30(33(44)47-6)41-31(42)28(18-12-13-19-37-34(45)49-36(3,4)5)39-32(43)29(20-25-21-38-27-17-11-10-16-26(25)27)40-35(46)48-22-24-14-8-7-9-15-24;22-18(23)17(10-14-11-20-16-9-5-4-8-15(14)16)21-19(24)25-12-13-6-2-1-3-7-13/h7-11,14-17,21,23,28-30,38H,12-13,18-20,22H2,1-6H3,(H,37,45)(H,39,43)(H,40,46)(H,41,42);1-9,11,17,20H,10,12H2,(H,21,24)(H,22,23)/t28-,29+,30-;17-/m01/s1. The summed E-state index contributed by atoms with van der Waals surface area (Å²) in [6.45, 7) is 9.20. The molecule has 0 radical (unpaired) electrons. The van der Waals surface area contributed by atoms with Gasteiger partial charge in [-0.2, -0.15) is 0 Å². The molecule has 0 saturated heterocycles. The Morgan fingerprint density at radius 2 is 1.05 bits per heavy atom. The van der Waals surface area contributed by atoms with Crippen LogP contribution in [0, 0.1) is 5.92 Å². The van der Waals surface area contributed by atoms with Crippen molar-refractivity contribution in [1.82, 2.24) is 36.6 Å². The Morgan fingerprint density at radius 1 is 0.581 bits per heavy atom. The van der Waals surface area contributed by atoms with Crippen molar-refractivity contribution >= 4 is 63.8 Å². The number of para-hydroxylation sites is 2. The van der Waals surface area contributed by atoms with Crippen LogP contribution in [-0.4, -0.2) is 101 Å². The Hall–Kier alpha value is -8.35. The number of hydrogen-bond acceptors (Lipinski definition) is 11. The van der Waals surface area contributed by atoms with Gasteiger partial charge in [0.15, 0.2) is 0 Å². The molecule has 0 aliphatic rings. The van der Waals surface area contributed by atoms with Gasteiger partial charge in [-0.25, -0.2) is 24.0 Å². The second kappa shape index (κ2) is 28.0. The Balaban J connectivity index is 0.000000337. The van der Waals surface area contributed by atoms with Crippen molar-refractivity contribution in [2.75, 3.05) is 13.7 Å². The van der Waals surface area contributed by atoms with Crippen LogP contribution in [0.1, 0.15) is 76.1 Å². The first-order valence-corrected chi connectivity index (χ1v) is 24.3. The van der Waals surface area contributed by atoms with E-state index >= 15 is 0 Å². The Kier molecular flexibility index (Phi) is 21.4. The molecule has 0 saturated carbocycles. The van der Waals surface area contributed by atoms with Gasteiger partial charge in [0.05, 0.1) is 7.11 Å². The van der Waals surface area contributed by atoms with Crippen LogP contribution >= 0.6 is 0 Å². The van der Waals surface area contributed by atoms with Crippen LogP contribution < -0.4 is 26.6 Å². The molecular weight excluding hydrogens is 951 g/mol. The van der Waals surface area contributed by atoms with E-state index in [-0.39, 0.29) is 44.9 Å². The van der Waals surface area contributed by atoms with E-state index in [0.29, 0.717) is 12.8 Å². The van der Waals surface area contributed by atoms with Gasteiger partial charge < -0.3 is 60.6 Å². The molecule has 5 amide bonds. The van der Waals surface area contributed by atoms with E-state index in [1.54, 1.807) is 47.0 Å². The molecule has 0 aliphatic carbocycles. The Morgan fingerprint density at radius 3 is 1.54 bits per heavy atom.